The largest absolute Gasteiger partial charge is 0.493 e. The molecule has 0 N–H and O–H groups in total. The fourth-order valence-corrected chi connectivity index (χ4v) is 7.05. The van der Waals surface area contributed by atoms with Crippen molar-refractivity contribution < 1.29 is 9.47 Å². The highest BCUT2D eigenvalue weighted by molar-refractivity contribution is 6.91. The molecule has 0 amide bonds. The fraction of sp³-hybridized carbons (Fsp3) is 0.368. The third-order valence-electron chi connectivity index (χ3n) is 5.07. The Morgan fingerprint density at radius 3 is 2.23 bits per heavy atom. The van der Waals surface area contributed by atoms with Crippen molar-refractivity contribution in [1.29, 1.82) is 0 Å². The second kappa shape index (κ2) is 5.80. The van der Waals surface area contributed by atoms with Crippen LogP contribution in [0.5, 0.6) is 11.5 Å². The van der Waals surface area contributed by atoms with Gasteiger partial charge in [0.05, 0.1) is 22.3 Å². The van der Waals surface area contributed by atoms with E-state index in [1.54, 1.807) is 19.4 Å². The van der Waals surface area contributed by atoms with Gasteiger partial charge < -0.3 is 9.47 Å². The summed E-state index contributed by atoms with van der Waals surface area (Å²) in [6.07, 6.45) is 1.30. The van der Waals surface area contributed by atoms with Crippen LogP contribution in [0.15, 0.2) is 48.5 Å². The number of ether oxygens (including phenoxy) is 2. The van der Waals surface area contributed by atoms with Gasteiger partial charge in [0.1, 0.15) is 0 Å². The van der Waals surface area contributed by atoms with E-state index in [0.717, 1.165) is 17.0 Å². The van der Waals surface area contributed by atoms with Gasteiger partial charge in [-0.25, -0.2) is 0 Å². The van der Waals surface area contributed by atoms with Crippen molar-refractivity contribution in [2.75, 3.05) is 14.2 Å². The third kappa shape index (κ3) is 2.65. The van der Waals surface area contributed by atoms with Crippen LogP contribution in [-0.2, 0) is 0 Å². The van der Waals surface area contributed by atoms with E-state index in [-0.39, 0.29) is 0 Å². The molecule has 1 aliphatic carbocycles. The summed E-state index contributed by atoms with van der Waals surface area (Å²) in [5.41, 5.74) is 2.20. The van der Waals surface area contributed by atoms with Crippen molar-refractivity contribution >= 4 is 13.3 Å². The van der Waals surface area contributed by atoms with Crippen molar-refractivity contribution in [3.8, 4) is 11.5 Å². The SMILES string of the molecule is COc1ccc([C@@H]2C[C@@H]2[Si](C)(C)c2ccccc2)cc1OC. The van der Waals surface area contributed by atoms with Crippen molar-refractivity contribution in [3.05, 3.63) is 54.1 Å². The molecule has 1 saturated carbocycles. The normalized spacial score (nSPS) is 20.5. The van der Waals surface area contributed by atoms with Crippen molar-refractivity contribution in [2.45, 2.75) is 31.0 Å². The maximum Gasteiger partial charge on any atom is 0.160 e. The molecule has 0 aromatic heterocycles. The lowest BCUT2D eigenvalue weighted by Gasteiger charge is -2.23. The minimum Gasteiger partial charge on any atom is -0.493 e. The molecule has 1 aliphatic rings. The third-order valence-corrected chi connectivity index (χ3v) is 9.38. The van der Waals surface area contributed by atoms with Crippen LogP contribution in [0.25, 0.3) is 0 Å². The van der Waals surface area contributed by atoms with E-state index in [1.165, 1.54) is 12.0 Å². The number of rotatable bonds is 5. The van der Waals surface area contributed by atoms with Crippen molar-refractivity contribution in [2.24, 2.45) is 0 Å². The first-order chi connectivity index (χ1) is 10.6. The van der Waals surface area contributed by atoms with E-state index in [1.807, 2.05) is 6.07 Å². The maximum atomic E-state index is 5.45. The molecule has 0 bridgehead atoms. The van der Waals surface area contributed by atoms with Crippen LogP contribution in [0.3, 0.4) is 0 Å². The number of methoxy groups -OCH3 is 2. The molecule has 2 atom stereocenters. The Kier molecular flexibility index (Phi) is 4.00. The topological polar surface area (TPSA) is 18.5 Å². The second-order valence-corrected chi connectivity index (χ2v) is 11.4. The van der Waals surface area contributed by atoms with Crippen LogP contribution in [0.4, 0.5) is 0 Å². The minimum absolute atomic E-state index is 0.668. The zero-order chi connectivity index (χ0) is 15.7. The predicted octanol–water partition coefficient (Wildman–Crippen LogP) is 4.18. The first kappa shape index (κ1) is 15.2. The Morgan fingerprint density at radius 1 is 0.909 bits per heavy atom. The summed E-state index contributed by atoms with van der Waals surface area (Å²) in [4.78, 5) is 0. The van der Waals surface area contributed by atoms with Crippen molar-refractivity contribution in [3.63, 3.8) is 0 Å². The molecular weight excluding hydrogens is 288 g/mol. The highest BCUT2D eigenvalue weighted by atomic mass is 28.3. The predicted molar refractivity (Wildman–Crippen MR) is 94.2 cm³/mol. The Hall–Kier alpha value is -1.74. The number of benzene rings is 2. The maximum absolute atomic E-state index is 5.45. The molecule has 0 spiro atoms. The molecule has 0 radical (unpaired) electrons. The van der Waals surface area contributed by atoms with Gasteiger partial charge in [0.25, 0.3) is 0 Å². The quantitative estimate of drug-likeness (QED) is 0.771. The standard InChI is InChI=1S/C19H24O2Si/c1-20-17-11-10-14(12-18(17)21-2)16-13-19(16)22(3,4)15-8-6-5-7-9-15/h5-12,16,19H,13H2,1-4H3/t16-,19-/m0/s1. The molecule has 0 heterocycles. The van der Waals surface area contributed by atoms with E-state index < -0.39 is 8.07 Å². The van der Waals surface area contributed by atoms with Gasteiger partial charge in [-0.05, 0) is 35.6 Å². The smallest absolute Gasteiger partial charge is 0.160 e. The van der Waals surface area contributed by atoms with Crippen LogP contribution in [0, 0.1) is 0 Å². The van der Waals surface area contributed by atoms with Gasteiger partial charge in [-0.3, -0.25) is 0 Å². The Labute approximate surface area is 134 Å². The van der Waals surface area contributed by atoms with Crippen molar-refractivity contribution in [1.82, 2.24) is 0 Å². The summed E-state index contributed by atoms with van der Waals surface area (Å²) >= 11 is 0. The van der Waals surface area contributed by atoms with Crippen LogP contribution in [0.1, 0.15) is 17.9 Å². The molecule has 2 aromatic carbocycles. The van der Waals surface area contributed by atoms with Gasteiger partial charge in [-0.2, -0.15) is 0 Å². The van der Waals surface area contributed by atoms with Gasteiger partial charge >= 0.3 is 0 Å². The Bertz CT molecular complexity index is 652. The molecule has 0 aliphatic heterocycles. The summed E-state index contributed by atoms with van der Waals surface area (Å²) in [6.45, 7) is 4.99. The summed E-state index contributed by atoms with van der Waals surface area (Å²) in [5, 5.41) is 1.56. The zero-order valence-electron chi connectivity index (χ0n) is 13.8. The van der Waals surface area contributed by atoms with Gasteiger partial charge in [0.15, 0.2) is 11.5 Å². The zero-order valence-corrected chi connectivity index (χ0v) is 14.8. The van der Waals surface area contributed by atoms with Crippen LogP contribution in [-0.4, -0.2) is 22.3 Å². The molecule has 3 rings (SSSR count). The fourth-order valence-electron chi connectivity index (χ4n) is 3.53. The van der Waals surface area contributed by atoms with Crippen LogP contribution >= 0.6 is 0 Å². The first-order valence-corrected chi connectivity index (χ1v) is 10.9. The van der Waals surface area contributed by atoms with E-state index >= 15 is 0 Å². The minimum atomic E-state index is -1.41. The van der Waals surface area contributed by atoms with E-state index in [9.17, 15) is 0 Å². The summed E-state index contributed by atoms with van der Waals surface area (Å²) in [7, 11) is 1.97. The Balaban J connectivity index is 1.82. The average Bonchev–Trinajstić information content (AvgIpc) is 3.36. The Morgan fingerprint density at radius 2 is 1.59 bits per heavy atom. The lowest BCUT2D eigenvalue weighted by molar-refractivity contribution is 0.354. The van der Waals surface area contributed by atoms with E-state index in [0.29, 0.717) is 5.92 Å². The lowest BCUT2D eigenvalue weighted by Crippen LogP contribution is -2.42. The van der Waals surface area contributed by atoms with Crippen LogP contribution < -0.4 is 14.7 Å². The first-order valence-electron chi connectivity index (χ1n) is 7.85. The molecule has 0 saturated heterocycles. The molecular formula is C19H24O2Si. The summed E-state index contributed by atoms with van der Waals surface area (Å²) < 4.78 is 10.8. The van der Waals surface area contributed by atoms with Crippen LogP contribution in [0.2, 0.25) is 18.6 Å². The molecule has 116 valence electrons. The monoisotopic (exact) mass is 312 g/mol. The summed E-state index contributed by atoms with van der Waals surface area (Å²) in [5.74, 6) is 2.31. The number of hydrogen-bond acceptors (Lipinski definition) is 2. The summed E-state index contributed by atoms with van der Waals surface area (Å²) in [6, 6.07) is 17.4. The molecule has 2 nitrogen and oxygen atoms in total. The molecule has 22 heavy (non-hydrogen) atoms. The molecule has 0 unspecified atom stereocenters. The average molecular weight is 312 g/mol. The highest BCUT2D eigenvalue weighted by Gasteiger charge is 2.50. The van der Waals surface area contributed by atoms with Gasteiger partial charge in [0.2, 0.25) is 0 Å². The van der Waals surface area contributed by atoms with Gasteiger partial charge in [-0.1, -0.05) is 54.7 Å². The van der Waals surface area contributed by atoms with Gasteiger partial charge in [0, 0.05) is 0 Å². The molecule has 3 heteroatoms. The molecule has 1 fully saturated rings. The lowest BCUT2D eigenvalue weighted by atomic mass is 10.1. The number of hydrogen-bond donors (Lipinski definition) is 0. The highest BCUT2D eigenvalue weighted by Crippen LogP contribution is 2.58. The van der Waals surface area contributed by atoms with E-state index in [2.05, 4.69) is 55.6 Å². The molecule has 2 aromatic rings. The van der Waals surface area contributed by atoms with E-state index in [4.69, 9.17) is 9.47 Å². The van der Waals surface area contributed by atoms with Gasteiger partial charge in [-0.15, -0.1) is 0 Å². The second-order valence-electron chi connectivity index (χ2n) is 6.65.